The van der Waals surface area contributed by atoms with E-state index in [2.05, 4.69) is 48.7 Å². The fraction of sp³-hybridized carbons (Fsp3) is 0.500. The topological polar surface area (TPSA) is 42.5 Å². The van der Waals surface area contributed by atoms with Crippen LogP contribution in [0.3, 0.4) is 0 Å². The van der Waals surface area contributed by atoms with Crippen LogP contribution in [0.5, 0.6) is 11.5 Å². The lowest BCUT2D eigenvalue weighted by Gasteiger charge is -2.32. The van der Waals surface area contributed by atoms with Crippen LogP contribution in [-0.4, -0.2) is 27.3 Å². The Kier molecular flexibility index (Phi) is 12.4. The summed E-state index contributed by atoms with van der Waals surface area (Å²) in [6.45, 7) is 6.36. The molecular formula is C24H37ClN2O2. The predicted octanol–water partition coefficient (Wildman–Crippen LogP) is 5.69. The summed E-state index contributed by atoms with van der Waals surface area (Å²) in [6.07, 6.45) is 4.60. The van der Waals surface area contributed by atoms with Crippen molar-refractivity contribution in [2.75, 3.05) is 27.3 Å². The standard InChI is InChI=1S/C24H36N2O2.ClH/c1-5-7-17-25-23(19-13-9-11-15-21(19)27-3)24(26-18-8-6-2)20-14-10-12-16-22(20)28-4;/h9-16,23-26H,5-8,17-18H2,1-4H3;1H. The zero-order chi connectivity index (χ0) is 20.2. The number of benzene rings is 2. The van der Waals surface area contributed by atoms with E-state index in [9.17, 15) is 0 Å². The molecule has 0 radical (unpaired) electrons. The Morgan fingerprint density at radius 1 is 0.690 bits per heavy atom. The third kappa shape index (κ3) is 7.22. The highest BCUT2D eigenvalue weighted by Crippen LogP contribution is 2.37. The summed E-state index contributed by atoms with van der Waals surface area (Å²) in [5.41, 5.74) is 2.34. The highest BCUT2D eigenvalue weighted by molar-refractivity contribution is 5.85. The van der Waals surface area contributed by atoms with Crippen LogP contribution in [0.1, 0.15) is 62.7 Å². The van der Waals surface area contributed by atoms with Crippen LogP contribution in [-0.2, 0) is 0 Å². The van der Waals surface area contributed by atoms with E-state index in [1.165, 1.54) is 11.1 Å². The van der Waals surface area contributed by atoms with Crippen molar-refractivity contribution in [3.05, 3.63) is 59.7 Å². The molecule has 4 nitrogen and oxygen atoms in total. The van der Waals surface area contributed by atoms with Crippen LogP contribution in [0.25, 0.3) is 0 Å². The molecule has 0 saturated carbocycles. The minimum Gasteiger partial charge on any atom is -0.496 e. The van der Waals surface area contributed by atoms with Gasteiger partial charge in [-0.2, -0.15) is 0 Å². The Hall–Kier alpha value is -1.75. The largest absolute Gasteiger partial charge is 0.496 e. The molecule has 0 saturated heterocycles. The Labute approximate surface area is 182 Å². The van der Waals surface area contributed by atoms with E-state index in [1.54, 1.807) is 14.2 Å². The number of ether oxygens (including phenoxy) is 2. The van der Waals surface area contributed by atoms with Crippen molar-refractivity contribution < 1.29 is 9.47 Å². The maximum Gasteiger partial charge on any atom is 0.123 e. The first-order valence-electron chi connectivity index (χ1n) is 10.5. The van der Waals surface area contributed by atoms with Gasteiger partial charge in [-0.05, 0) is 38.1 Å². The van der Waals surface area contributed by atoms with Crippen LogP contribution in [0.4, 0.5) is 0 Å². The molecule has 0 aromatic heterocycles. The van der Waals surface area contributed by atoms with Gasteiger partial charge < -0.3 is 20.1 Å². The zero-order valence-electron chi connectivity index (χ0n) is 18.2. The number of methoxy groups -OCH3 is 2. The molecule has 0 aliphatic heterocycles. The van der Waals surface area contributed by atoms with Crippen LogP contribution in [0.15, 0.2) is 48.5 Å². The van der Waals surface area contributed by atoms with Gasteiger partial charge in [-0.3, -0.25) is 0 Å². The second-order valence-electron chi connectivity index (χ2n) is 7.05. The van der Waals surface area contributed by atoms with Crippen molar-refractivity contribution in [3.63, 3.8) is 0 Å². The van der Waals surface area contributed by atoms with E-state index in [0.29, 0.717) is 0 Å². The van der Waals surface area contributed by atoms with Gasteiger partial charge in [0.15, 0.2) is 0 Å². The second kappa shape index (κ2) is 14.3. The van der Waals surface area contributed by atoms with Gasteiger partial charge >= 0.3 is 0 Å². The fourth-order valence-corrected chi connectivity index (χ4v) is 3.53. The Bertz CT molecular complexity index is 637. The zero-order valence-corrected chi connectivity index (χ0v) is 19.1. The normalized spacial score (nSPS) is 12.7. The smallest absolute Gasteiger partial charge is 0.123 e. The van der Waals surface area contributed by atoms with E-state index in [4.69, 9.17) is 9.47 Å². The van der Waals surface area contributed by atoms with E-state index in [1.807, 2.05) is 24.3 Å². The minimum absolute atomic E-state index is 0. The molecule has 0 aliphatic rings. The summed E-state index contributed by atoms with van der Waals surface area (Å²) in [7, 11) is 3.48. The van der Waals surface area contributed by atoms with Crippen LogP contribution >= 0.6 is 12.4 Å². The maximum atomic E-state index is 5.70. The number of unbranched alkanes of at least 4 members (excludes halogenated alkanes) is 2. The van der Waals surface area contributed by atoms with Crippen molar-refractivity contribution in [1.29, 1.82) is 0 Å². The molecule has 0 heterocycles. The minimum atomic E-state index is 0. The average molecular weight is 421 g/mol. The molecule has 0 amide bonds. The molecule has 29 heavy (non-hydrogen) atoms. The first kappa shape index (κ1) is 25.3. The molecule has 2 aromatic carbocycles. The van der Waals surface area contributed by atoms with Crippen molar-refractivity contribution in [3.8, 4) is 11.5 Å². The molecule has 0 fully saturated rings. The number of para-hydroxylation sites is 2. The molecular weight excluding hydrogens is 384 g/mol. The molecule has 2 N–H and O–H groups in total. The molecule has 2 atom stereocenters. The van der Waals surface area contributed by atoms with Gasteiger partial charge in [-0.1, -0.05) is 63.1 Å². The van der Waals surface area contributed by atoms with E-state index < -0.39 is 0 Å². The van der Waals surface area contributed by atoms with E-state index in [0.717, 1.165) is 50.3 Å². The summed E-state index contributed by atoms with van der Waals surface area (Å²) < 4.78 is 11.4. The lowest BCUT2D eigenvalue weighted by molar-refractivity contribution is 0.341. The van der Waals surface area contributed by atoms with Crippen molar-refractivity contribution >= 4 is 12.4 Å². The highest BCUT2D eigenvalue weighted by atomic mass is 35.5. The van der Waals surface area contributed by atoms with Crippen LogP contribution < -0.4 is 20.1 Å². The fourth-order valence-electron chi connectivity index (χ4n) is 3.53. The molecule has 0 bridgehead atoms. The third-order valence-electron chi connectivity index (χ3n) is 5.07. The van der Waals surface area contributed by atoms with Crippen LogP contribution in [0.2, 0.25) is 0 Å². The number of hydrogen-bond acceptors (Lipinski definition) is 4. The summed E-state index contributed by atoms with van der Waals surface area (Å²) in [5.74, 6) is 1.82. The lowest BCUT2D eigenvalue weighted by Crippen LogP contribution is -2.37. The molecule has 0 aliphatic carbocycles. The van der Waals surface area contributed by atoms with Gasteiger partial charge in [0.25, 0.3) is 0 Å². The van der Waals surface area contributed by atoms with E-state index >= 15 is 0 Å². The predicted molar refractivity (Wildman–Crippen MR) is 125 cm³/mol. The maximum absolute atomic E-state index is 5.70. The molecule has 0 spiro atoms. The van der Waals surface area contributed by atoms with Gasteiger partial charge in [-0.15, -0.1) is 12.4 Å². The van der Waals surface area contributed by atoms with Crippen LogP contribution in [0, 0.1) is 0 Å². The summed E-state index contributed by atoms with van der Waals surface area (Å²) in [5, 5.41) is 7.58. The van der Waals surface area contributed by atoms with Gasteiger partial charge in [0, 0.05) is 11.1 Å². The van der Waals surface area contributed by atoms with Crippen molar-refractivity contribution in [1.82, 2.24) is 10.6 Å². The van der Waals surface area contributed by atoms with Gasteiger partial charge in [0.2, 0.25) is 0 Å². The number of hydrogen-bond donors (Lipinski definition) is 2. The van der Waals surface area contributed by atoms with Gasteiger partial charge in [-0.25, -0.2) is 0 Å². The summed E-state index contributed by atoms with van der Waals surface area (Å²) in [4.78, 5) is 0. The van der Waals surface area contributed by atoms with Crippen molar-refractivity contribution in [2.45, 2.75) is 51.6 Å². The van der Waals surface area contributed by atoms with Gasteiger partial charge in [0.05, 0.1) is 26.3 Å². The number of rotatable bonds is 13. The first-order chi connectivity index (χ1) is 13.8. The average Bonchev–Trinajstić information content (AvgIpc) is 2.75. The van der Waals surface area contributed by atoms with Crippen molar-refractivity contribution in [2.24, 2.45) is 0 Å². The number of halogens is 1. The third-order valence-corrected chi connectivity index (χ3v) is 5.07. The quantitative estimate of drug-likeness (QED) is 0.408. The number of nitrogens with one attached hydrogen (secondary N) is 2. The lowest BCUT2D eigenvalue weighted by atomic mass is 9.91. The monoisotopic (exact) mass is 420 g/mol. The Balaban J connectivity index is 0.00000420. The van der Waals surface area contributed by atoms with E-state index in [-0.39, 0.29) is 24.5 Å². The molecule has 2 rings (SSSR count). The molecule has 2 aromatic rings. The van der Waals surface area contributed by atoms with Gasteiger partial charge in [0.1, 0.15) is 11.5 Å². The Morgan fingerprint density at radius 2 is 1.07 bits per heavy atom. The first-order valence-corrected chi connectivity index (χ1v) is 10.5. The molecule has 162 valence electrons. The second-order valence-corrected chi connectivity index (χ2v) is 7.05. The summed E-state index contributed by atoms with van der Waals surface area (Å²) in [6, 6.07) is 16.8. The molecule has 5 heteroatoms. The Morgan fingerprint density at radius 3 is 1.41 bits per heavy atom. The highest BCUT2D eigenvalue weighted by Gasteiger charge is 2.28. The molecule has 2 unspecified atom stereocenters. The summed E-state index contributed by atoms with van der Waals surface area (Å²) >= 11 is 0. The SMILES string of the molecule is CCCCNC(c1ccccc1OC)C(NCCCC)c1ccccc1OC.Cl.